The molecule has 4 heterocycles. The normalized spacial score (nSPS) is 19.4. The molecule has 2 aliphatic rings. The van der Waals surface area contributed by atoms with E-state index in [1.807, 2.05) is 17.0 Å². The summed E-state index contributed by atoms with van der Waals surface area (Å²) in [6.07, 6.45) is 10.8. The van der Waals surface area contributed by atoms with Crippen LogP contribution in [0.3, 0.4) is 0 Å². The number of nitrogens with zero attached hydrogens (tertiary/aromatic N) is 4. The fraction of sp³-hybridized carbons (Fsp3) is 0.476. The van der Waals surface area contributed by atoms with Crippen LogP contribution >= 0.6 is 0 Å². The van der Waals surface area contributed by atoms with Gasteiger partial charge >= 0.3 is 0 Å². The molecule has 0 aromatic carbocycles. The molecule has 2 saturated heterocycles. The zero-order chi connectivity index (χ0) is 18.7. The Morgan fingerprint density at radius 2 is 1.44 bits per heavy atom. The molecular weight excluding hydrogens is 340 g/mol. The van der Waals surface area contributed by atoms with E-state index < -0.39 is 11.6 Å². The maximum atomic E-state index is 13.6. The third-order valence-electron chi connectivity index (χ3n) is 5.76. The zero-order valence-corrected chi connectivity index (χ0v) is 15.5. The van der Waals surface area contributed by atoms with E-state index in [2.05, 4.69) is 14.9 Å². The highest BCUT2D eigenvalue weighted by Gasteiger charge is 2.50. The van der Waals surface area contributed by atoms with E-state index in [1.54, 1.807) is 36.9 Å². The summed E-state index contributed by atoms with van der Waals surface area (Å²) in [5, 5.41) is 12.1. The number of carbonyl (C=O) groups is 1. The highest BCUT2D eigenvalue weighted by molar-refractivity contribution is 5.84. The summed E-state index contributed by atoms with van der Waals surface area (Å²) in [6, 6.07) is 6.63. The van der Waals surface area contributed by atoms with Crippen LogP contribution in [-0.2, 0) is 10.4 Å². The van der Waals surface area contributed by atoms with Crippen molar-refractivity contribution < 1.29 is 9.90 Å². The largest absolute Gasteiger partial charge is 0.378 e. The predicted molar refractivity (Wildman–Crippen MR) is 102 cm³/mol. The fourth-order valence-electron chi connectivity index (χ4n) is 4.37. The van der Waals surface area contributed by atoms with Crippen molar-refractivity contribution in [2.75, 3.05) is 26.2 Å². The summed E-state index contributed by atoms with van der Waals surface area (Å²) in [5.74, 6) is 0.00426. The lowest BCUT2D eigenvalue weighted by atomic mass is 9.80. The van der Waals surface area contributed by atoms with Crippen molar-refractivity contribution in [3.8, 4) is 0 Å². The van der Waals surface area contributed by atoms with Gasteiger partial charge in [0.15, 0.2) is 0 Å². The highest BCUT2D eigenvalue weighted by Crippen LogP contribution is 2.37. The van der Waals surface area contributed by atoms with E-state index >= 15 is 0 Å². The number of amides is 1. The molecule has 1 atom stereocenters. The Bertz CT molecular complexity index is 717. The molecule has 2 aromatic rings. The second kappa shape index (κ2) is 7.74. The molecule has 0 aliphatic carbocycles. The molecule has 0 saturated carbocycles. The Labute approximate surface area is 159 Å². The van der Waals surface area contributed by atoms with Gasteiger partial charge in [-0.3, -0.25) is 19.7 Å². The summed E-state index contributed by atoms with van der Waals surface area (Å²) in [5.41, 5.74) is -0.239. The number of rotatable bonds is 5. The standard InChI is InChI=1S/C21H26N4O2/c26-20(25-13-3-4-14-25)19(24-11-1-2-12-24)21(27,17-7-5-9-22-15-17)18-8-6-10-23-16-18/h5-10,15-16,19,27H,1-4,11-14H2. The number of likely N-dealkylation sites (tertiary alicyclic amines) is 2. The first kappa shape index (κ1) is 18.1. The highest BCUT2D eigenvalue weighted by atomic mass is 16.3. The first-order valence-corrected chi connectivity index (χ1v) is 9.77. The number of hydrogen-bond acceptors (Lipinski definition) is 5. The van der Waals surface area contributed by atoms with E-state index in [1.165, 1.54) is 0 Å². The molecule has 1 amide bonds. The van der Waals surface area contributed by atoms with Crippen LogP contribution in [0.5, 0.6) is 0 Å². The molecule has 142 valence electrons. The van der Waals surface area contributed by atoms with Gasteiger partial charge in [0.25, 0.3) is 0 Å². The average Bonchev–Trinajstić information content (AvgIpc) is 3.44. The van der Waals surface area contributed by atoms with Crippen molar-refractivity contribution in [3.05, 3.63) is 60.2 Å². The number of aliphatic hydroxyl groups is 1. The van der Waals surface area contributed by atoms with Gasteiger partial charge in [-0.25, -0.2) is 0 Å². The lowest BCUT2D eigenvalue weighted by Gasteiger charge is -2.42. The minimum Gasteiger partial charge on any atom is -0.378 e. The summed E-state index contributed by atoms with van der Waals surface area (Å²) in [6.45, 7) is 3.15. The quantitative estimate of drug-likeness (QED) is 0.874. The monoisotopic (exact) mass is 366 g/mol. The van der Waals surface area contributed by atoms with Gasteiger partial charge in [-0.15, -0.1) is 0 Å². The molecule has 1 unspecified atom stereocenters. The molecule has 27 heavy (non-hydrogen) atoms. The summed E-state index contributed by atoms with van der Waals surface area (Å²) in [7, 11) is 0. The number of aromatic nitrogens is 2. The second-order valence-corrected chi connectivity index (χ2v) is 7.43. The van der Waals surface area contributed by atoms with Gasteiger partial charge in [-0.2, -0.15) is 0 Å². The van der Waals surface area contributed by atoms with Crippen LogP contribution in [-0.4, -0.2) is 63.0 Å². The van der Waals surface area contributed by atoms with E-state index in [-0.39, 0.29) is 5.91 Å². The van der Waals surface area contributed by atoms with Gasteiger partial charge in [0.05, 0.1) is 0 Å². The van der Waals surface area contributed by atoms with E-state index in [0.29, 0.717) is 11.1 Å². The molecule has 4 rings (SSSR count). The molecule has 0 radical (unpaired) electrons. The summed E-state index contributed by atoms with van der Waals surface area (Å²) < 4.78 is 0. The molecule has 1 N–H and O–H groups in total. The summed E-state index contributed by atoms with van der Waals surface area (Å²) >= 11 is 0. The van der Waals surface area contributed by atoms with Gasteiger partial charge in [-0.1, -0.05) is 12.1 Å². The van der Waals surface area contributed by atoms with Gasteiger partial charge < -0.3 is 10.0 Å². The predicted octanol–water partition coefficient (Wildman–Crippen LogP) is 1.80. The van der Waals surface area contributed by atoms with Crippen LogP contribution < -0.4 is 0 Å². The minimum atomic E-state index is -1.49. The molecule has 2 fully saturated rings. The molecular formula is C21H26N4O2. The molecule has 0 spiro atoms. The van der Waals surface area contributed by atoms with E-state index in [9.17, 15) is 9.90 Å². The van der Waals surface area contributed by atoms with E-state index in [4.69, 9.17) is 0 Å². The smallest absolute Gasteiger partial charge is 0.243 e. The number of carbonyl (C=O) groups excluding carboxylic acids is 1. The zero-order valence-electron chi connectivity index (χ0n) is 15.5. The van der Waals surface area contributed by atoms with Crippen LogP contribution in [0.2, 0.25) is 0 Å². The summed E-state index contributed by atoms with van der Waals surface area (Å²) in [4.78, 5) is 26.1. The Hall–Kier alpha value is -2.31. The minimum absolute atomic E-state index is 0.00426. The van der Waals surface area contributed by atoms with Gasteiger partial charge in [0.2, 0.25) is 5.91 Å². The number of pyridine rings is 2. The van der Waals surface area contributed by atoms with Crippen molar-refractivity contribution in [2.45, 2.75) is 37.3 Å². The van der Waals surface area contributed by atoms with Crippen molar-refractivity contribution in [2.24, 2.45) is 0 Å². The third kappa shape index (κ3) is 3.35. The SMILES string of the molecule is O=C(C(N1CCCC1)C(O)(c1cccnc1)c1cccnc1)N1CCCC1. The maximum absolute atomic E-state index is 13.6. The topological polar surface area (TPSA) is 69.6 Å². The van der Waals surface area contributed by atoms with Crippen molar-refractivity contribution >= 4 is 5.91 Å². The molecule has 6 heteroatoms. The van der Waals surface area contributed by atoms with Gasteiger partial charge in [0, 0.05) is 49.0 Å². The Morgan fingerprint density at radius 3 is 1.93 bits per heavy atom. The molecule has 2 aromatic heterocycles. The molecule has 0 bridgehead atoms. The van der Waals surface area contributed by atoms with Crippen LogP contribution in [0.15, 0.2) is 49.1 Å². The Balaban J connectivity index is 1.84. The Kier molecular flexibility index (Phi) is 5.18. The van der Waals surface area contributed by atoms with Gasteiger partial charge in [0.1, 0.15) is 11.6 Å². The van der Waals surface area contributed by atoms with Crippen molar-refractivity contribution in [1.29, 1.82) is 0 Å². The first-order chi connectivity index (χ1) is 13.2. The fourth-order valence-corrected chi connectivity index (χ4v) is 4.37. The van der Waals surface area contributed by atoms with Crippen LogP contribution in [0, 0.1) is 0 Å². The lowest BCUT2D eigenvalue weighted by molar-refractivity contribution is -0.145. The third-order valence-corrected chi connectivity index (χ3v) is 5.76. The van der Waals surface area contributed by atoms with Crippen LogP contribution in [0.1, 0.15) is 36.8 Å². The van der Waals surface area contributed by atoms with Crippen molar-refractivity contribution in [3.63, 3.8) is 0 Å². The Morgan fingerprint density at radius 1 is 0.926 bits per heavy atom. The average molecular weight is 366 g/mol. The van der Waals surface area contributed by atoms with Crippen LogP contribution in [0.4, 0.5) is 0 Å². The first-order valence-electron chi connectivity index (χ1n) is 9.77. The number of hydrogen-bond donors (Lipinski definition) is 1. The maximum Gasteiger partial charge on any atom is 0.243 e. The van der Waals surface area contributed by atoms with Gasteiger partial charge in [-0.05, 0) is 50.9 Å². The van der Waals surface area contributed by atoms with Crippen LogP contribution in [0.25, 0.3) is 0 Å². The van der Waals surface area contributed by atoms with Crippen molar-refractivity contribution in [1.82, 2.24) is 19.8 Å². The molecule has 2 aliphatic heterocycles. The lowest BCUT2D eigenvalue weighted by Crippen LogP contribution is -2.59. The second-order valence-electron chi connectivity index (χ2n) is 7.43. The van der Waals surface area contributed by atoms with E-state index in [0.717, 1.165) is 51.9 Å². The molecule has 6 nitrogen and oxygen atoms in total.